The van der Waals surface area contributed by atoms with Gasteiger partial charge in [0.1, 0.15) is 0 Å². The molecule has 4 heteroatoms. The van der Waals surface area contributed by atoms with E-state index in [9.17, 15) is 9.59 Å². The molecule has 0 bridgehead atoms. The molecule has 0 spiro atoms. The Balaban J connectivity index is 2.60. The van der Waals surface area contributed by atoms with Gasteiger partial charge in [-0.1, -0.05) is 0 Å². The maximum absolute atomic E-state index is 11.2. The number of hydrogen-bond donors (Lipinski definition) is 1. The number of carbonyl (C=O) groups excluding carboxylic acids is 2. The molecule has 1 atom stereocenters. The molecule has 11 heavy (non-hydrogen) atoms. The first-order chi connectivity index (χ1) is 5.16. The quantitative estimate of drug-likeness (QED) is 0.540. The number of nitrogens with two attached hydrogens (primary N) is 1. The molecule has 0 aliphatic carbocycles. The molecule has 2 N–H and O–H groups in total. The molecule has 1 rings (SSSR count). The van der Waals surface area contributed by atoms with Gasteiger partial charge in [0, 0.05) is 19.4 Å². The molecule has 2 amide bonds. The smallest absolute Gasteiger partial charge is 0.232 e. The Kier molecular flexibility index (Phi) is 2.24. The van der Waals surface area contributed by atoms with E-state index in [0.717, 1.165) is 0 Å². The highest BCUT2D eigenvalue weighted by molar-refractivity contribution is 6.03. The lowest BCUT2D eigenvalue weighted by atomic mass is 10.0. The van der Waals surface area contributed by atoms with Gasteiger partial charge in [0.05, 0.1) is 0 Å². The number of imide groups is 1. The van der Waals surface area contributed by atoms with E-state index in [1.807, 2.05) is 0 Å². The molecule has 1 unspecified atom stereocenters. The molecule has 0 aromatic rings. The van der Waals surface area contributed by atoms with Gasteiger partial charge in [-0.25, -0.2) is 0 Å². The van der Waals surface area contributed by atoms with Crippen molar-refractivity contribution in [2.75, 3.05) is 13.6 Å². The van der Waals surface area contributed by atoms with Crippen LogP contribution in [0.15, 0.2) is 0 Å². The minimum absolute atomic E-state index is 0.0829. The normalized spacial score (nSPS) is 24.9. The van der Waals surface area contributed by atoms with Crippen LogP contribution in [0.25, 0.3) is 0 Å². The fourth-order valence-electron chi connectivity index (χ4n) is 1.26. The van der Waals surface area contributed by atoms with Crippen LogP contribution in [0.2, 0.25) is 0 Å². The van der Waals surface area contributed by atoms with Gasteiger partial charge in [0.15, 0.2) is 0 Å². The summed E-state index contributed by atoms with van der Waals surface area (Å²) in [5.74, 6) is -0.327. The van der Waals surface area contributed by atoms with E-state index >= 15 is 0 Å². The molecule has 1 fully saturated rings. The Morgan fingerprint density at radius 1 is 1.64 bits per heavy atom. The second-order valence-corrected chi connectivity index (χ2v) is 2.77. The Morgan fingerprint density at radius 2 is 2.27 bits per heavy atom. The van der Waals surface area contributed by atoms with Crippen LogP contribution in [-0.2, 0) is 9.59 Å². The standard InChI is InChI=1S/C7H12N2O2/c1-9-6(10)4-5(2-3-8)7(9)11/h5H,2-4,8H2,1H3. The first-order valence-corrected chi connectivity index (χ1v) is 3.67. The molecule has 1 heterocycles. The molecule has 0 aromatic carbocycles. The van der Waals surface area contributed by atoms with Crippen LogP contribution >= 0.6 is 0 Å². The number of amides is 2. The predicted octanol–water partition coefficient (Wildman–Crippen LogP) is -0.660. The van der Waals surface area contributed by atoms with Crippen molar-refractivity contribution in [2.24, 2.45) is 11.7 Å². The van der Waals surface area contributed by atoms with Crippen molar-refractivity contribution in [3.05, 3.63) is 0 Å². The van der Waals surface area contributed by atoms with E-state index < -0.39 is 0 Å². The Morgan fingerprint density at radius 3 is 2.64 bits per heavy atom. The minimum Gasteiger partial charge on any atom is -0.330 e. The topological polar surface area (TPSA) is 63.4 Å². The predicted molar refractivity (Wildman–Crippen MR) is 39.6 cm³/mol. The van der Waals surface area contributed by atoms with Gasteiger partial charge in [-0.2, -0.15) is 0 Å². The molecule has 1 aliphatic heterocycles. The SMILES string of the molecule is CN1C(=O)CC(CCN)C1=O. The highest BCUT2D eigenvalue weighted by atomic mass is 16.2. The summed E-state index contributed by atoms with van der Waals surface area (Å²) in [7, 11) is 1.52. The van der Waals surface area contributed by atoms with Crippen LogP contribution in [0.5, 0.6) is 0 Å². The number of carbonyl (C=O) groups is 2. The molecule has 4 nitrogen and oxygen atoms in total. The number of hydrogen-bond acceptors (Lipinski definition) is 3. The van der Waals surface area contributed by atoms with Crippen LogP contribution in [0.1, 0.15) is 12.8 Å². The highest BCUT2D eigenvalue weighted by Crippen LogP contribution is 2.19. The zero-order valence-electron chi connectivity index (χ0n) is 6.54. The molecule has 0 saturated carbocycles. The lowest BCUT2D eigenvalue weighted by molar-refractivity contribution is -0.137. The Hall–Kier alpha value is -0.900. The van der Waals surface area contributed by atoms with Crippen LogP contribution in [-0.4, -0.2) is 30.3 Å². The maximum Gasteiger partial charge on any atom is 0.232 e. The lowest BCUT2D eigenvalue weighted by Gasteiger charge is -2.06. The summed E-state index contributed by atoms with van der Waals surface area (Å²) in [6, 6.07) is 0. The molecular weight excluding hydrogens is 144 g/mol. The average Bonchev–Trinajstić information content (AvgIpc) is 2.19. The van der Waals surface area contributed by atoms with Crippen molar-refractivity contribution >= 4 is 11.8 Å². The van der Waals surface area contributed by atoms with Crippen molar-refractivity contribution in [2.45, 2.75) is 12.8 Å². The molecule has 62 valence electrons. The summed E-state index contributed by atoms with van der Waals surface area (Å²) < 4.78 is 0. The summed E-state index contributed by atoms with van der Waals surface area (Å²) >= 11 is 0. The van der Waals surface area contributed by atoms with Gasteiger partial charge in [-0.3, -0.25) is 14.5 Å². The van der Waals surface area contributed by atoms with Crippen molar-refractivity contribution in [1.82, 2.24) is 4.90 Å². The molecule has 1 aliphatic rings. The first-order valence-electron chi connectivity index (χ1n) is 3.67. The van der Waals surface area contributed by atoms with Crippen LogP contribution in [0, 0.1) is 5.92 Å². The van der Waals surface area contributed by atoms with E-state index in [-0.39, 0.29) is 17.7 Å². The van der Waals surface area contributed by atoms with E-state index in [2.05, 4.69) is 0 Å². The third kappa shape index (κ3) is 1.40. The maximum atomic E-state index is 11.2. The monoisotopic (exact) mass is 156 g/mol. The second kappa shape index (κ2) is 3.00. The van der Waals surface area contributed by atoms with Gasteiger partial charge in [0.25, 0.3) is 0 Å². The summed E-state index contributed by atoms with van der Waals surface area (Å²) in [6.07, 6.45) is 0.960. The zero-order chi connectivity index (χ0) is 8.43. The Bertz CT molecular complexity index is 191. The van der Waals surface area contributed by atoms with Crippen molar-refractivity contribution < 1.29 is 9.59 Å². The molecule has 0 aromatic heterocycles. The van der Waals surface area contributed by atoms with Crippen LogP contribution in [0.3, 0.4) is 0 Å². The van der Waals surface area contributed by atoms with E-state index in [1.54, 1.807) is 0 Å². The van der Waals surface area contributed by atoms with E-state index in [0.29, 0.717) is 19.4 Å². The van der Waals surface area contributed by atoms with Gasteiger partial charge in [-0.05, 0) is 13.0 Å². The third-order valence-electron chi connectivity index (χ3n) is 1.99. The van der Waals surface area contributed by atoms with Gasteiger partial charge in [0.2, 0.25) is 11.8 Å². The molecule has 0 radical (unpaired) electrons. The van der Waals surface area contributed by atoms with Crippen LogP contribution in [0.4, 0.5) is 0 Å². The number of nitrogens with zero attached hydrogens (tertiary/aromatic N) is 1. The van der Waals surface area contributed by atoms with Crippen LogP contribution < -0.4 is 5.73 Å². The van der Waals surface area contributed by atoms with Gasteiger partial charge >= 0.3 is 0 Å². The van der Waals surface area contributed by atoms with E-state index in [4.69, 9.17) is 5.73 Å². The average molecular weight is 156 g/mol. The Labute approximate surface area is 65.3 Å². The fraction of sp³-hybridized carbons (Fsp3) is 0.714. The van der Waals surface area contributed by atoms with Crippen molar-refractivity contribution in [3.63, 3.8) is 0 Å². The van der Waals surface area contributed by atoms with Gasteiger partial charge < -0.3 is 5.73 Å². The van der Waals surface area contributed by atoms with Gasteiger partial charge in [-0.15, -0.1) is 0 Å². The highest BCUT2D eigenvalue weighted by Gasteiger charge is 2.34. The minimum atomic E-state index is -0.155. The fourth-order valence-corrected chi connectivity index (χ4v) is 1.26. The summed E-state index contributed by atoms with van der Waals surface area (Å²) in [6.45, 7) is 0.470. The number of likely N-dealkylation sites (tertiary alicyclic amines) is 1. The molecular formula is C7H12N2O2. The lowest BCUT2D eigenvalue weighted by Crippen LogP contribution is -2.26. The molecule has 1 saturated heterocycles. The zero-order valence-corrected chi connectivity index (χ0v) is 6.54. The van der Waals surface area contributed by atoms with E-state index in [1.165, 1.54) is 11.9 Å². The summed E-state index contributed by atoms with van der Waals surface area (Å²) in [4.78, 5) is 23.3. The first kappa shape index (κ1) is 8.20. The van der Waals surface area contributed by atoms with Crippen molar-refractivity contribution in [3.8, 4) is 0 Å². The third-order valence-corrected chi connectivity index (χ3v) is 1.99. The summed E-state index contributed by atoms with van der Waals surface area (Å²) in [5, 5.41) is 0. The number of rotatable bonds is 2. The van der Waals surface area contributed by atoms with Crippen molar-refractivity contribution in [1.29, 1.82) is 0 Å². The largest absolute Gasteiger partial charge is 0.330 e. The summed E-state index contributed by atoms with van der Waals surface area (Å²) in [5.41, 5.74) is 5.28. The second-order valence-electron chi connectivity index (χ2n) is 2.77.